The molecule has 2 N–H and O–H groups in total. The number of hydrogen-bond donors (Lipinski definition) is 2. The summed E-state index contributed by atoms with van der Waals surface area (Å²) in [5.41, 5.74) is 1.50. The second-order valence-corrected chi connectivity index (χ2v) is 8.19. The number of hydrogen-bond acceptors (Lipinski definition) is 7. The molecular formula is C21H25N3O6S. The third-order valence-electron chi connectivity index (χ3n) is 4.93. The minimum Gasteiger partial charge on any atom is -0.493 e. The van der Waals surface area contributed by atoms with Crippen molar-refractivity contribution >= 4 is 34.2 Å². The Morgan fingerprint density at radius 3 is 2.16 bits per heavy atom. The van der Waals surface area contributed by atoms with Crippen LogP contribution in [-0.2, 0) is 12.8 Å². The van der Waals surface area contributed by atoms with Crippen molar-refractivity contribution in [1.29, 1.82) is 0 Å². The Morgan fingerprint density at radius 2 is 1.61 bits per heavy atom. The highest BCUT2D eigenvalue weighted by Crippen LogP contribution is 2.41. The normalized spacial score (nSPS) is 12.0. The molecule has 166 valence electrons. The van der Waals surface area contributed by atoms with Crippen LogP contribution in [0.15, 0.2) is 12.1 Å². The van der Waals surface area contributed by atoms with Crippen molar-refractivity contribution in [2.75, 3.05) is 40.7 Å². The molecule has 0 radical (unpaired) electrons. The van der Waals surface area contributed by atoms with Crippen LogP contribution in [0.3, 0.4) is 0 Å². The number of amides is 4. The van der Waals surface area contributed by atoms with Crippen LogP contribution in [-0.4, -0.2) is 58.2 Å². The minimum absolute atomic E-state index is 0.277. The molecule has 4 amide bonds. The fourth-order valence-electron chi connectivity index (χ4n) is 3.39. The van der Waals surface area contributed by atoms with Crippen molar-refractivity contribution in [3.8, 4) is 17.2 Å². The molecule has 1 aromatic heterocycles. The number of nitrogens with one attached hydrogen (secondary N) is 2. The lowest BCUT2D eigenvalue weighted by Gasteiger charge is -2.15. The van der Waals surface area contributed by atoms with Gasteiger partial charge >= 0.3 is 6.03 Å². The van der Waals surface area contributed by atoms with E-state index in [0.717, 1.165) is 29.7 Å². The van der Waals surface area contributed by atoms with Crippen LogP contribution >= 0.6 is 11.3 Å². The number of aryl methyl sites for hydroxylation is 1. The Bertz CT molecular complexity index is 1010. The van der Waals surface area contributed by atoms with E-state index in [0.29, 0.717) is 27.8 Å². The highest BCUT2D eigenvalue weighted by molar-refractivity contribution is 7.17. The Morgan fingerprint density at radius 1 is 0.968 bits per heavy atom. The van der Waals surface area contributed by atoms with Gasteiger partial charge in [-0.2, -0.15) is 0 Å². The molecule has 0 unspecified atom stereocenters. The molecule has 3 rings (SSSR count). The highest BCUT2D eigenvalue weighted by Gasteiger charge is 2.29. The van der Waals surface area contributed by atoms with Gasteiger partial charge in [-0.25, -0.2) is 4.79 Å². The monoisotopic (exact) mass is 447 g/mol. The van der Waals surface area contributed by atoms with Gasteiger partial charge in [-0.15, -0.1) is 11.3 Å². The van der Waals surface area contributed by atoms with Crippen molar-refractivity contribution in [2.45, 2.75) is 19.3 Å². The predicted molar refractivity (Wildman–Crippen MR) is 117 cm³/mol. The molecule has 2 aromatic rings. The van der Waals surface area contributed by atoms with Gasteiger partial charge in [0.2, 0.25) is 5.75 Å². The molecule has 0 spiro atoms. The van der Waals surface area contributed by atoms with E-state index in [-0.39, 0.29) is 5.56 Å². The number of thiophene rings is 1. The molecular weight excluding hydrogens is 422 g/mol. The van der Waals surface area contributed by atoms with Gasteiger partial charge in [-0.05, 0) is 37.0 Å². The lowest BCUT2D eigenvalue weighted by Crippen LogP contribution is -2.39. The number of imide groups is 1. The fourth-order valence-corrected chi connectivity index (χ4v) is 4.67. The summed E-state index contributed by atoms with van der Waals surface area (Å²) in [5, 5.41) is 5.59. The summed E-state index contributed by atoms with van der Waals surface area (Å²) in [5.74, 6) is 0.0924. The van der Waals surface area contributed by atoms with Crippen molar-refractivity contribution in [3.63, 3.8) is 0 Å². The Balaban J connectivity index is 1.94. The topological polar surface area (TPSA) is 106 Å². The van der Waals surface area contributed by atoms with Gasteiger partial charge in [-0.3, -0.25) is 14.9 Å². The highest BCUT2D eigenvalue weighted by atomic mass is 32.1. The molecule has 9 nitrogen and oxygen atoms in total. The molecule has 0 saturated heterocycles. The summed E-state index contributed by atoms with van der Waals surface area (Å²) < 4.78 is 15.9. The van der Waals surface area contributed by atoms with Crippen LogP contribution in [0.1, 0.15) is 37.6 Å². The molecule has 1 aliphatic rings. The smallest absolute Gasteiger partial charge is 0.323 e. The molecule has 0 aliphatic heterocycles. The standard InChI is InChI=1S/C21H25N3O6S/c1-24(2)21(27)23-19(26)16-12-7-6-8-15(12)31-20(16)22-18(25)11-9-13(28-3)17(30-5)14(10-11)29-4/h9-10H,6-8H2,1-5H3,(H,22,25)(H,23,26,27). The van der Waals surface area contributed by atoms with E-state index in [2.05, 4.69) is 10.6 Å². The predicted octanol–water partition coefficient (Wildman–Crippen LogP) is 2.93. The molecule has 0 bridgehead atoms. The maximum atomic E-state index is 13.0. The number of carbonyl (C=O) groups is 3. The Hall–Kier alpha value is -3.27. The number of nitrogens with zero attached hydrogens (tertiary/aromatic N) is 1. The molecule has 1 heterocycles. The fraction of sp³-hybridized carbons (Fsp3) is 0.381. The van der Waals surface area contributed by atoms with Crippen molar-refractivity contribution in [1.82, 2.24) is 10.2 Å². The van der Waals surface area contributed by atoms with Gasteiger partial charge in [-0.1, -0.05) is 0 Å². The summed E-state index contributed by atoms with van der Waals surface area (Å²) in [4.78, 5) is 40.2. The molecule has 1 aromatic carbocycles. The maximum absolute atomic E-state index is 13.0. The lowest BCUT2D eigenvalue weighted by atomic mass is 10.1. The second-order valence-electron chi connectivity index (χ2n) is 7.08. The van der Waals surface area contributed by atoms with Gasteiger partial charge in [0.05, 0.1) is 26.9 Å². The van der Waals surface area contributed by atoms with Crippen LogP contribution in [0, 0.1) is 0 Å². The number of methoxy groups -OCH3 is 3. The average molecular weight is 448 g/mol. The van der Waals surface area contributed by atoms with E-state index in [4.69, 9.17) is 14.2 Å². The first kappa shape index (κ1) is 22.4. The molecule has 1 aliphatic carbocycles. The summed E-state index contributed by atoms with van der Waals surface area (Å²) >= 11 is 1.36. The van der Waals surface area contributed by atoms with Gasteiger partial charge in [0.1, 0.15) is 5.00 Å². The van der Waals surface area contributed by atoms with E-state index >= 15 is 0 Å². The third-order valence-corrected chi connectivity index (χ3v) is 6.14. The summed E-state index contributed by atoms with van der Waals surface area (Å²) in [6.45, 7) is 0. The van der Waals surface area contributed by atoms with Crippen molar-refractivity contribution < 1.29 is 28.6 Å². The first-order valence-corrected chi connectivity index (χ1v) is 10.4. The third kappa shape index (κ3) is 4.43. The Labute approximate surface area is 184 Å². The number of fused-ring (bicyclic) bond motifs is 1. The van der Waals surface area contributed by atoms with Gasteiger partial charge in [0.25, 0.3) is 11.8 Å². The molecule has 0 saturated carbocycles. The first-order valence-electron chi connectivity index (χ1n) is 9.59. The summed E-state index contributed by atoms with van der Waals surface area (Å²) in [6.07, 6.45) is 2.50. The molecule has 0 atom stereocenters. The molecule has 10 heteroatoms. The first-order chi connectivity index (χ1) is 14.8. The lowest BCUT2D eigenvalue weighted by molar-refractivity contribution is 0.0957. The number of carbonyl (C=O) groups excluding carboxylic acids is 3. The molecule has 31 heavy (non-hydrogen) atoms. The van der Waals surface area contributed by atoms with Crippen LogP contribution in [0.25, 0.3) is 0 Å². The number of urea groups is 1. The molecule has 0 fully saturated rings. The Kier molecular flexibility index (Phi) is 6.69. The largest absolute Gasteiger partial charge is 0.493 e. The quantitative estimate of drug-likeness (QED) is 0.705. The second kappa shape index (κ2) is 9.25. The van der Waals surface area contributed by atoms with E-state index in [1.54, 1.807) is 14.1 Å². The van der Waals surface area contributed by atoms with Crippen LogP contribution in [0.5, 0.6) is 17.2 Å². The number of anilines is 1. The van der Waals surface area contributed by atoms with Crippen molar-refractivity contribution in [2.24, 2.45) is 0 Å². The number of benzene rings is 1. The zero-order chi connectivity index (χ0) is 22.7. The van der Waals surface area contributed by atoms with Gasteiger partial charge in [0.15, 0.2) is 11.5 Å². The van der Waals surface area contributed by atoms with E-state index in [9.17, 15) is 14.4 Å². The van der Waals surface area contributed by atoms with Crippen LogP contribution in [0.4, 0.5) is 9.80 Å². The maximum Gasteiger partial charge on any atom is 0.323 e. The van der Waals surface area contributed by atoms with E-state index in [1.807, 2.05) is 0 Å². The summed E-state index contributed by atoms with van der Waals surface area (Å²) in [6, 6.07) is 2.55. The zero-order valence-electron chi connectivity index (χ0n) is 18.1. The minimum atomic E-state index is -0.529. The zero-order valence-corrected chi connectivity index (χ0v) is 18.9. The number of ether oxygens (including phenoxy) is 3. The van der Waals surface area contributed by atoms with E-state index in [1.165, 1.54) is 49.7 Å². The number of rotatable bonds is 6. The van der Waals surface area contributed by atoms with E-state index < -0.39 is 17.8 Å². The van der Waals surface area contributed by atoms with Crippen molar-refractivity contribution in [3.05, 3.63) is 33.7 Å². The average Bonchev–Trinajstić information content (AvgIpc) is 3.32. The van der Waals surface area contributed by atoms with Crippen LogP contribution in [0.2, 0.25) is 0 Å². The van der Waals surface area contributed by atoms with Crippen LogP contribution < -0.4 is 24.8 Å². The summed E-state index contributed by atoms with van der Waals surface area (Å²) in [7, 11) is 7.51. The SMILES string of the molecule is COc1cc(C(=O)Nc2sc3c(c2C(=O)NC(=O)N(C)C)CCC3)cc(OC)c1OC. The van der Waals surface area contributed by atoms with Gasteiger partial charge < -0.3 is 24.4 Å². The van der Waals surface area contributed by atoms with Gasteiger partial charge in [0, 0.05) is 24.5 Å².